The molecule has 0 spiro atoms. The summed E-state index contributed by atoms with van der Waals surface area (Å²) in [5.74, 6) is 0. The molecular formula is C23H24Cl2O2. The first kappa shape index (κ1) is 20.2. The van der Waals surface area contributed by atoms with E-state index < -0.39 is 4.33 Å². The lowest BCUT2D eigenvalue weighted by Crippen LogP contribution is -2.12. The van der Waals surface area contributed by atoms with E-state index in [9.17, 15) is 0 Å². The van der Waals surface area contributed by atoms with Crippen molar-refractivity contribution in [3.8, 4) is 0 Å². The van der Waals surface area contributed by atoms with Crippen LogP contribution >= 0.6 is 23.2 Å². The smallest absolute Gasteiger partial charge is 0.140 e. The van der Waals surface area contributed by atoms with E-state index in [1.54, 1.807) is 0 Å². The molecule has 4 heteroatoms. The van der Waals surface area contributed by atoms with Gasteiger partial charge in [0, 0.05) is 13.0 Å². The molecule has 0 saturated heterocycles. The highest BCUT2D eigenvalue weighted by atomic mass is 35.5. The second kappa shape index (κ2) is 10.1. The molecular weight excluding hydrogens is 379 g/mol. The van der Waals surface area contributed by atoms with E-state index in [4.69, 9.17) is 32.7 Å². The Balaban J connectivity index is 1.44. The molecule has 1 aliphatic carbocycles. The molecule has 0 aliphatic heterocycles. The summed E-state index contributed by atoms with van der Waals surface area (Å²) in [6.07, 6.45) is 7.16. The zero-order valence-corrected chi connectivity index (χ0v) is 16.7. The minimum absolute atomic E-state index is 0.0584. The third-order valence-electron chi connectivity index (χ3n) is 4.37. The number of hydrogen-bond donors (Lipinski definition) is 0. The third-order valence-corrected chi connectivity index (χ3v) is 4.93. The Labute approximate surface area is 171 Å². The van der Waals surface area contributed by atoms with Crippen LogP contribution in [0.3, 0.4) is 0 Å². The number of rotatable bonds is 9. The minimum Gasteiger partial charge on any atom is -0.377 e. The predicted molar refractivity (Wildman–Crippen MR) is 112 cm³/mol. The molecule has 0 amide bonds. The molecule has 2 aromatic carbocycles. The summed E-state index contributed by atoms with van der Waals surface area (Å²) in [6, 6.07) is 20.6. The number of hydrogen-bond acceptors (Lipinski definition) is 2. The van der Waals surface area contributed by atoms with Crippen LogP contribution in [0.4, 0.5) is 0 Å². The third kappa shape index (κ3) is 6.51. The predicted octanol–water partition coefficient (Wildman–Crippen LogP) is 6.26. The van der Waals surface area contributed by atoms with E-state index in [1.807, 2.05) is 54.6 Å². The molecule has 27 heavy (non-hydrogen) atoms. The lowest BCUT2D eigenvalue weighted by Gasteiger charge is -2.19. The molecule has 3 rings (SSSR count). The Kier molecular flexibility index (Phi) is 7.54. The van der Waals surface area contributed by atoms with Gasteiger partial charge in [0.25, 0.3) is 0 Å². The van der Waals surface area contributed by atoms with Crippen LogP contribution in [0.1, 0.15) is 30.1 Å². The van der Waals surface area contributed by atoms with Crippen LogP contribution in [-0.4, -0.2) is 24.2 Å². The van der Waals surface area contributed by atoms with E-state index in [2.05, 4.69) is 24.3 Å². The highest BCUT2D eigenvalue weighted by molar-refractivity contribution is 6.50. The molecule has 0 atom stereocenters. The average Bonchev–Trinajstić information content (AvgIpc) is 2.70. The van der Waals surface area contributed by atoms with Gasteiger partial charge in [-0.3, -0.25) is 0 Å². The van der Waals surface area contributed by atoms with Crippen LogP contribution in [0.15, 0.2) is 84.5 Å². The summed E-state index contributed by atoms with van der Waals surface area (Å²) in [5, 5.41) is 0. The summed E-state index contributed by atoms with van der Waals surface area (Å²) >= 11 is 12.1. The highest BCUT2D eigenvalue weighted by Gasteiger charge is 2.21. The number of allylic oxidation sites excluding steroid dienone is 2. The standard InChI is InChI=1S/C23H24Cl2O2/c24-23(25)14-12-19(13-15-23)18-26-16-7-17-27-22(20-8-3-1-4-9-20)21-10-5-2-6-11-21/h1-6,8-14,22H,7,15-18H2. The largest absolute Gasteiger partial charge is 0.377 e. The van der Waals surface area contributed by atoms with Crippen molar-refractivity contribution < 1.29 is 9.47 Å². The van der Waals surface area contributed by atoms with Gasteiger partial charge in [-0.15, -0.1) is 0 Å². The van der Waals surface area contributed by atoms with Crippen LogP contribution in [0, 0.1) is 0 Å². The van der Waals surface area contributed by atoms with E-state index in [1.165, 1.54) is 0 Å². The van der Waals surface area contributed by atoms with E-state index in [0.29, 0.717) is 26.2 Å². The molecule has 2 nitrogen and oxygen atoms in total. The Hall–Kier alpha value is -1.58. The van der Waals surface area contributed by atoms with Crippen LogP contribution in [0.2, 0.25) is 0 Å². The molecule has 0 radical (unpaired) electrons. The zero-order valence-electron chi connectivity index (χ0n) is 15.2. The Bertz CT molecular complexity index is 715. The van der Waals surface area contributed by atoms with Gasteiger partial charge >= 0.3 is 0 Å². The maximum Gasteiger partial charge on any atom is 0.140 e. The van der Waals surface area contributed by atoms with Gasteiger partial charge in [0.15, 0.2) is 0 Å². The molecule has 1 aliphatic rings. The van der Waals surface area contributed by atoms with E-state index in [0.717, 1.165) is 23.1 Å². The second-order valence-corrected chi connectivity index (χ2v) is 8.10. The van der Waals surface area contributed by atoms with E-state index in [-0.39, 0.29) is 6.10 Å². The van der Waals surface area contributed by atoms with Gasteiger partial charge in [-0.05, 0) is 29.2 Å². The fraction of sp³-hybridized carbons (Fsp3) is 0.304. The molecule has 0 aromatic heterocycles. The quantitative estimate of drug-likeness (QED) is 0.363. The van der Waals surface area contributed by atoms with Crippen LogP contribution < -0.4 is 0 Å². The summed E-state index contributed by atoms with van der Waals surface area (Å²) in [7, 11) is 0. The van der Waals surface area contributed by atoms with Crippen LogP contribution in [0.5, 0.6) is 0 Å². The maximum atomic E-state index is 6.19. The molecule has 142 valence electrons. The molecule has 0 saturated carbocycles. The monoisotopic (exact) mass is 402 g/mol. The fourth-order valence-corrected chi connectivity index (χ4v) is 3.21. The lowest BCUT2D eigenvalue weighted by molar-refractivity contribution is 0.0562. The Morgan fingerprint density at radius 1 is 0.889 bits per heavy atom. The summed E-state index contributed by atoms with van der Waals surface area (Å²) in [5.41, 5.74) is 3.43. The lowest BCUT2D eigenvalue weighted by atomic mass is 10.0. The molecule has 0 fully saturated rings. The first-order valence-electron chi connectivity index (χ1n) is 9.19. The minimum atomic E-state index is -0.777. The first-order valence-corrected chi connectivity index (χ1v) is 9.95. The molecule has 0 bridgehead atoms. The van der Waals surface area contributed by atoms with Gasteiger partial charge in [-0.1, -0.05) is 96.0 Å². The van der Waals surface area contributed by atoms with Gasteiger partial charge in [0.2, 0.25) is 0 Å². The SMILES string of the molecule is ClC1(Cl)C=CC(COCCCOC(c2ccccc2)c2ccccc2)=CC1. The van der Waals surface area contributed by atoms with Crippen molar-refractivity contribution in [1.29, 1.82) is 0 Å². The Morgan fingerprint density at radius 3 is 2.07 bits per heavy atom. The van der Waals surface area contributed by atoms with Crippen molar-refractivity contribution in [2.24, 2.45) is 0 Å². The average molecular weight is 403 g/mol. The first-order chi connectivity index (χ1) is 13.1. The van der Waals surface area contributed by atoms with Crippen molar-refractivity contribution in [3.63, 3.8) is 0 Å². The van der Waals surface area contributed by atoms with Crippen molar-refractivity contribution >= 4 is 23.2 Å². The van der Waals surface area contributed by atoms with E-state index >= 15 is 0 Å². The Morgan fingerprint density at radius 2 is 1.52 bits per heavy atom. The topological polar surface area (TPSA) is 18.5 Å². The van der Waals surface area contributed by atoms with Gasteiger partial charge in [-0.2, -0.15) is 0 Å². The van der Waals surface area contributed by atoms with Crippen molar-refractivity contribution in [2.45, 2.75) is 23.3 Å². The molecule has 0 N–H and O–H groups in total. The van der Waals surface area contributed by atoms with Gasteiger partial charge in [0.05, 0.1) is 13.2 Å². The number of benzene rings is 2. The zero-order chi connectivity index (χ0) is 19.0. The van der Waals surface area contributed by atoms with Gasteiger partial charge in [0.1, 0.15) is 10.4 Å². The normalized spacial score (nSPS) is 15.7. The fourth-order valence-electron chi connectivity index (χ4n) is 2.93. The van der Waals surface area contributed by atoms with Crippen molar-refractivity contribution in [1.82, 2.24) is 0 Å². The van der Waals surface area contributed by atoms with Gasteiger partial charge < -0.3 is 9.47 Å². The number of ether oxygens (including phenoxy) is 2. The number of halogens is 2. The summed E-state index contributed by atoms with van der Waals surface area (Å²) < 4.78 is 11.2. The molecule has 0 heterocycles. The number of alkyl halides is 2. The van der Waals surface area contributed by atoms with Gasteiger partial charge in [-0.25, -0.2) is 0 Å². The second-order valence-electron chi connectivity index (χ2n) is 6.56. The highest BCUT2D eigenvalue weighted by Crippen LogP contribution is 2.31. The summed E-state index contributed by atoms with van der Waals surface area (Å²) in [6.45, 7) is 1.85. The van der Waals surface area contributed by atoms with Crippen LogP contribution in [-0.2, 0) is 9.47 Å². The van der Waals surface area contributed by atoms with Crippen molar-refractivity contribution in [2.75, 3.05) is 19.8 Å². The van der Waals surface area contributed by atoms with Crippen molar-refractivity contribution in [3.05, 3.63) is 95.6 Å². The molecule has 0 unspecified atom stereocenters. The summed E-state index contributed by atoms with van der Waals surface area (Å²) in [4.78, 5) is 0. The maximum absolute atomic E-state index is 6.19. The van der Waals surface area contributed by atoms with Crippen LogP contribution in [0.25, 0.3) is 0 Å². The molecule has 2 aromatic rings.